The highest BCUT2D eigenvalue weighted by atomic mass is 32.2. The molecular formula is C25H31N3O5S. The van der Waals surface area contributed by atoms with Crippen molar-refractivity contribution in [2.24, 2.45) is 5.92 Å². The second kappa shape index (κ2) is 9.56. The van der Waals surface area contributed by atoms with Gasteiger partial charge in [0, 0.05) is 45.8 Å². The van der Waals surface area contributed by atoms with Crippen molar-refractivity contribution in [1.82, 2.24) is 14.1 Å². The first-order valence-electron chi connectivity index (χ1n) is 11.9. The van der Waals surface area contributed by atoms with E-state index in [1.165, 1.54) is 4.31 Å². The highest BCUT2D eigenvalue weighted by molar-refractivity contribution is 7.89. The van der Waals surface area contributed by atoms with Gasteiger partial charge in [0.05, 0.1) is 10.8 Å². The molecule has 0 radical (unpaired) electrons. The molecule has 2 fully saturated rings. The summed E-state index contributed by atoms with van der Waals surface area (Å²) < 4.78 is 38.5. The number of nitrogens with zero attached hydrogens (tertiary/aromatic N) is 3. The van der Waals surface area contributed by atoms with E-state index >= 15 is 0 Å². The standard InChI is InChI=1S/C25H31N3O5S/c1-19-4-7-22(8-5-19)34(30,31)28-10-2-3-21(17-28)25(29)27-13-11-26(12-14-27)16-20-6-9-23-24(15-20)33-18-32-23/h4-9,15,21H,2-3,10-14,16-18H2,1H3/t21-/m1/s1. The number of amides is 1. The molecule has 0 saturated carbocycles. The van der Waals surface area contributed by atoms with Gasteiger partial charge in [-0.15, -0.1) is 0 Å². The number of rotatable bonds is 5. The molecule has 3 heterocycles. The van der Waals surface area contributed by atoms with Crippen LogP contribution in [0.15, 0.2) is 47.4 Å². The quantitative estimate of drug-likeness (QED) is 0.648. The van der Waals surface area contributed by atoms with Gasteiger partial charge in [-0.2, -0.15) is 4.31 Å². The number of hydrogen-bond donors (Lipinski definition) is 0. The van der Waals surface area contributed by atoms with Crippen LogP contribution in [0.2, 0.25) is 0 Å². The van der Waals surface area contributed by atoms with E-state index in [0.29, 0.717) is 31.0 Å². The zero-order valence-corrected chi connectivity index (χ0v) is 20.3. The third-order valence-electron chi connectivity index (χ3n) is 6.92. The predicted molar refractivity (Wildman–Crippen MR) is 127 cm³/mol. The van der Waals surface area contributed by atoms with E-state index in [1.807, 2.05) is 36.1 Å². The molecule has 0 aliphatic carbocycles. The highest BCUT2D eigenvalue weighted by Crippen LogP contribution is 2.33. The molecule has 2 saturated heterocycles. The van der Waals surface area contributed by atoms with Gasteiger partial charge < -0.3 is 14.4 Å². The van der Waals surface area contributed by atoms with Crippen LogP contribution in [0.4, 0.5) is 0 Å². The SMILES string of the molecule is Cc1ccc(S(=O)(=O)N2CCC[C@@H](C(=O)N3CCN(Cc4ccc5c(c4)OCO5)CC3)C2)cc1. The van der Waals surface area contributed by atoms with Crippen molar-refractivity contribution in [3.8, 4) is 11.5 Å². The summed E-state index contributed by atoms with van der Waals surface area (Å²) in [6.07, 6.45) is 1.43. The molecule has 34 heavy (non-hydrogen) atoms. The van der Waals surface area contributed by atoms with Crippen molar-refractivity contribution < 1.29 is 22.7 Å². The van der Waals surface area contributed by atoms with Gasteiger partial charge in [-0.1, -0.05) is 23.8 Å². The lowest BCUT2D eigenvalue weighted by atomic mass is 9.97. The molecule has 3 aliphatic heterocycles. The first-order valence-corrected chi connectivity index (χ1v) is 13.3. The molecular weight excluding hydrogens is 454 g/mol. The fourth-order valence-corrected chi connectivity index (χ4v) is 6.43. The Bertz CT molecular complexity index is 1140. The third-order valence-corrected chi connectivity index (χ3v) is 8.80. The number of aryl methyl sites for hydroxylation is 1. The molecule has 8 nitrogen and oxygen atoms in total. The Labute approximate surface area is 201 Å². The zero-order valence-electron chi connectivity index (χ0n) is 19.5. The van der Waals surface area contributed by atoms with Crippen LogP contribution in [0.1, 0.15) is 24.0 Å². The summed E-state index contributed by atoms with van der Waals surface area (Å²) in [5.74, 6) is 1.36. The fourth-order valence-electron chi connectivity index (χ4n) is 4.90. The number of fused-ring (bicyclic) bond motifs is 1. The number of ether oxygens (including phenoxy) is 2. The Morgan fingerprint density at radius 2 is 1.71 bits per heavy atom. The van der Waals surface area contributed by atoms with Gasteiger partial charge in [0.2, 0.25) is 22.7 Å². The normalized spacial score (nSPS) is 21.6. The van der Waals surface area contributed by atoms with E-state index in [4.69, 9.17) is 9.47 Å². The van der Waals surface area contributed by atoms with Crippen LogP contribution < -0.4 is 9.47 Å². The maximum atomic E-state index is 13.3. The van der Waals surface area contributed by atoms with Gasteiger partial charge >= 0.3 is 0 Å². The summed E-state index contributed by atoms with van der Waals surface area (Å²) >= 11 is 0. The number of piperazine rings is 1. The molecule has 2 aromatic rings. The van der Waals surface area contributed by atoms with Crippen LogP contribution in [0.25, 0.3) is 0 Å². The number of benzene rings is 2. The van der Waals surface area contributed by atoms with Crippen molar-refractivity contribution in [1.29, 1.82) is 0 Å². The van der Waals surface area contributed by atoms with E-state index < -0.39 is 10.0 Å². The molecule has 0 bridgehead atoms. The van der Waals surface area contributed by atoms with Gasteiger partial charge in [-0.05, 0) is 49.6 Å². The van der Waals surface area contributed by atoms with Gasteiger partial charge in [0.1, 0.15) is 0 Å². The van der Waals surface area contributed by atoms with Gasteiger partial charge in [-0.3, -0.25) is 9.69 Å². The van der Waals surface area contributed by atoms with Gasteiger partial charge in [0.15, 0.2) is 11.5 Å². The summed E-state index contributed by atoms with van der Waals surface area (Å²) in [4.78, 5) is 17.8. The fraction of sp³-hybridized carbons (Fsp3) is 0.480. The smallest absolute Gasteiger partial charge is 0.243 e. The van der Waals surface area contributed by atoms with Crippen LogP contribution >= 0.6 is 0 Å². The summed E-state index contributed by atoms with van der Waals surface area (Å²) in [6, 6.07) is 12.9. The number of sulfonamides is 1. The Balaban J connectivity index is 1.16. The summed E-state index contributed by atoms with van der Waals surface area (Å²) in [6.45, 7) is 6.61. The topological polar surface area (TPSA) is 79.4 Å². The monoisotopic (exact) mass is 485 g/mol. The van der Waals surface area contributed by atoms with Crippen molar-refractivity contribution in [2.75, 3.05) is 46.1 Å². The maximum absolute atomic E-state index is 13.3. The van der Waals surface area contributed by atoms with Gasteiger partial charge in [-0.25, -0.2) is 8.42 Å². The van der Waals surface area contributed by atoms with Crippen molar-refractivity contribution in [3.05, 3.63) is 53.6 Å². The minimum Gasteiger partial charge on any atom is -0.454 e. The number of carbonyl (C=O) groups excluding carboxylic acids is 1. The van der Waals surface area contributed by atoms with Gasteiger partial charge in [0.25, 0.3) is 0 Å². The Morgan fingerprint density at radius 1 is 0.971 bits per heavy atom. The first kappa shape index (κ1) is 23.1. The van der Waals surface area contributed by atoms with E-state index in [0.717, 1.165) is 48.7 Å². The van der Waals surface area contributed by atoms with Crippen molar-refractivity contribution >= 4 is 15.9 Å². The van der Waals surface area contributed by atoms with Crippen LogP contribution in [-0.4, -0.2) is 74.5 Å². The summed E-state index contributed by atoms with van der Waals surface area (Å²) in [5, 5.41) is 0. The largest absolute Gasteiger partial charge is 0.454 e. The molecule has 9 heteroatoms. The molecule has 5 rings (SSSR count). The second-order valence-electron chi connectivity index (χ2n) is 9.30. The van der Waals surface area contributed by atoms with Crippen LogP contribution in [0, 0.1) is 12.8 Å². The Hall–Kier alpha value is -2.62. The van der Waals surface area contributed by atoms with E-state index in [9.17, 15) is 13.2 Å². The van der Waals surface area contributed by atoms with Crippen molar-refractivity contribution in [3.63, 3.8) is 0 Å². The molecule has 1 atom stereocenters. The average Bonchev–Trinajstić information content (AvgIpc) is 3.32. The minimum absolute atomic E-state index is 0.0755. The van der Waals surface area contributed by atoms with Crippen LogP contribution in [-0.2, 0) is 21.4 Å². The molecule has 3 aliphatic rings. The summed E-state index contributed by atoms with van der Waals surface area (Å²) in [5.41, 5.74) is 2.18. The average molecular weight is 486 g/mol. The Kier molecular flexibility index (Phi) is 6.50. The molecule has 0 spiro atoms. The Morgan fingerprint density at radius 3 is 2.47 bits per heavy atom. The molecule has 0 aromatic heterocycles. The lowest BCUT2D eigenvalue weighted by molar-refractivity contribution is -0.138. The molecule has 0 unspecified atom stereocenters. The highest BCUT2D eigenvalue weighted by Gasteiger charge is 2.35. The number of piperidine rings is 1. The minimum atomic E-state index is -3.59. The zero-order chi connectivity index (χ0) is 23.7. The number of carbonyl (C=O) groups is 1. The summed E-state index contributed by atoms with van der Waals surface area (Å²) in [7, 11) is -3.59. The lowest BCUT2D eigenvalue weighted by Gasteiger charge is -2.38. The van der Waals surface area contributed by atoms with Crippen LogP contribution in [0.3, 0.4) is 0 Å². The lowest BCUT2D eigenvalue weighted by Crippen LogP contribution is -2.52. The number of hydrogen-bond acceptors (Lipinski definition) is 6. The van der Waals surface area contributed by atoms with E-state index in [-0.39, 0.29) is 25.2 Å². The molecule has 2 aromatic carbocycles. The van der Waals surface area contributed by atoms with E-state index in [1.54, 1.807) is 12.1 Å². The predicted octanol–water partition coefficient (Wildman–Crippen LogP) is 2.47. The molecule has 1 amide bonds. The second-order valence-corrected chi connectivity index (χ2v) is 11.2. The third kappa shape index (κ3) is 4.78. The molecule has 182 valence electrons. The van der Waals surface area contributed by atoms with Crippen molar-refractivity contribution in [2.45, 2.75) is 31.2 Å². The van der Waals surface area contributed by atoms with Crippen LogP contribution in [0.5, 0.6) is 11.5 Å². The van der Waals surface area contributed by atoms with E-state index in [2.05, 4.69) is 11.0 Å². The molecule has 0 N–H and O–H groups in total. The maximum Gasteiger partial charge on any atom is 0.243 e. The first-order chi connectivity index (χ1) is 16.4.